The summed E-state index contributed by atoms with van der Waals surface area (Å²) in [6, 6.07) is 13.4. The average molecular weight is 375 g/mol. The monoisotopic (exact) mass is 374 g/mol. The standard InChI is InChI=1S/C20H26N2O3S/c1-15-6-8-18(9-7-15)13-21(4)20(23)14-22(26(5,24)25)19-11-16(2)10-17(3)12-19/h6-12H,13-14H2,1-5H3. The van der Waals surface area contributed by atoms with Crippen molar-refractivity contribution in [2.24, 2.45) is 0 Å². The number of nitrogens with zero attached hydrogens (tertiary/aromatic N) is 2. The normalized spacial score (nSPS) is 11.3. The van der Waals surface area contributed by atoms with E-state index in [0.29, 0.717) is 12.2 Å². The molecule has 6 heteroatoms. The Morgan fingerprint density at radius 1 is 0.923 bits per heavy atom. The van der Waals surface area contributed by atoms with Crippen LogP contribution in [0.25, 0.3) is 0 Å². The van der Waals surface area contributed by atoms with Crippen LogP contribution in [0, 0.1) is 20.8 Å². The summed E-state index contributed by atoms with van der Waals surface area (Å²) >= 11 is 0. The summed E-state index contributed by atoms with van der Waals surface area (Å²) < 4.78 is 25.7. The van der Waals surface area contributed by atoms with Gasteiger partial charge in [-0.15, -0.1) is 0 Å². The number of carbonyl (C=O) groups excluding carboxylic acids is 1. The van der Waals surface area contributed by atoms with Crippen LogP contribution in [0.5, 0.6) is 0 Å². The Kier molecular flexibility index (Phi) is 6.08. The van der Waals surface area contributed by atoms with Crippen LogP contribution in [-0.2, 0) is 21.4 Å². The number of hydrogen-bond acceptors (Lipinski definition) is 3. The fraction of sp³-hybridized carbons (Fsp3) is 0.350. The minimum absolute atomic E-state index is 0.218. The van der Waals surface area contributed by atoms with Crippen molar-refractivity contribution in [3.63, 3.8) is 0 Å². The van der Waals surface area contributed by atoms with E-state index in [9.17, 15) is 13.2 Å². The molecule has 0 unspecified atom stereocenters. The molecule has 0 radical (unpaired) electrons. The van der Waals surface area contributed by atoms with E-state index >= 15 is 0 Å². The molecule has 0 fully saturated rings. The molecular weight excluding hydrogens is 348 g/mol. The summed E-state index contributed by atoms with van der Waals surface area (Å²) in [5.41, 5.74) is 4.58. The quantitative estimate of drug-likeness (QED) is 0.781. The summed E-state index contributed by atoms with van der Waals surface area (Å²) in [5.74, 6) is -0.254. The Morgan fingerprint density at radius 2 is 1.46 bits per heavy atom. The molecule has 0 aliphatic carbocycles. The van der Waals surface area contributed by atoms with E-state index < -0.39 is 10.0 Å². The van der Waals surface area contributed by atoms with Gasteiger partial charge in [-0.3, -0.25) is 9.10 Å². The molecule has 0 saturated heterocycles. The van der Waals surface area contributed by atoms with Gasteiger partial charge >= 0.3 is 0 Å². The van der Waals surface area contributed by atoms with Crippen LogP contribution in [0.15, 0.2) is 42.5 Å². The number of amides is 1. The molecule has 0 N–H and O–H groups in total. The highest BCUT2D eigenvalue weighted by atomic mass is 32.2. The lowest BCUT2D eigenvalue weighted by atomic mass is 10.1. The molecular formula is C20H26N2O3S. The van der Waals surface area contributed by atoms with Crippen LogP contribution in [0.2, 0.25) is 0 Å². The number of hydrogen-bond donors (Lipinski definition) is 0. The Balaban J connectivity index is 2.19. The summed E-state index contributed by atoms with van der Waals surface area (Å²) in [6.45, 7) is 6.03. The largest absolute Gasteiger partial charge is 0.340 e. The van der Waals surface area contributed by atoms with Crippen molar-refractivity contribution >= 4 is 21.6 Å². The van der Waals surface area contributed by atoms with Gasteiger partial charge < -0.3 is 4.90 Å². The Hall–Kier alpha value is -2.34. The Morgan fingerprint density at radius 3 is 1.96 bits per heavy atom. The summed E-state index contributed by atoms with van der Waals surface area (Å²) in [7, 11) is -1.89. The first kappa shape index (κ1) is 20.0. The van der Waals surface area contributed by atoms with Gasteiger partial charge in [0.2, 0.25) is 15.9 Å². The van der Waals surface area contributed by atoms with Crippen LogP contribution in [0.3, 0.4) is 0 Å². The van der Waals surface area contributed by atoms with Gasteiger partial charge in [-0.2, -0.15) is 0 Å². The highest BCUT2D eigenvalue weighted by Crippen LogP contribution is 2.21. The van der Waals surface area contributed by atoms with Crippen molar-refractivity contribution in [3.8, 4) is 0 Å². The van der Waals surface area contributed by atoms with Crippen LogP contribution in [0.1, 0.15) is 22.3 Å². The molecule has 0 aromatic heterocycles. The predicted molar refractivity (Wildman–Crippen MR) is 106 cm³/mol. The van der Waals surface area contributed by atoms with E-state index in [1.165, 1.54) is 4.31 Å². The van der Waals surface area contributed by atoms with Gasteiger partial charge in [-0.05, 0) is 49.6 Å². The Bertz CT molecular complexity index is 870. The Labute approximate surface area is 156 Å². The first-order chi connectivity index (χ1) is 12.1. The van der Waals surface area contributed by atoms with Crippen LogP contribution < -0.4 is 4.31 Å². The lowest BCUT2D eigenvalue weighted by molar-refractivity contribution is -0.128. The lowest BCUT2D eigenvalue weighted by Crippen LogP contribution is -2.41. The zero-order chi connectivity index (χ0) is 19.5. The molecule has 2 aromatic carbocycles. The first-order valence-electron chi connectivity index (χ1n) is 8.42. The van der Waals surface area contributed by atoms with Crippen LogP contribution >= 0.6 is 0 Å². The maximum absolute atomic E-state index is 12.6. The third-order valence-electron chi connectivity index (χ3n) is 4.14. The minimum Gasteiger partial charge on any atom is -0.340 e. The zero-order valence-corrected chi connectivity index (χ0v) is 16.8. The molecule has 1 amide bonds. The van der Waals surface area contributed by atoms with Crippen molar-refractivity contribution in [1.82, 2.24) is 4.90 Å². The third kappa shape index (κ3) is 5.33. The number of sulfonamides is 1. The molecule has 0 bridgehead atoms. The van der Waals surface area contributed by atoms with E-state index in [-0.39, 0.29) is 12.5 Å². The van der Waals surface area contributed by atoms with Crippen molar-refractivity contribution < 1.29 is 13.2 Å². The molecule has 140 valence electrons. The molecule has 0 saturated carbocycles. The summed E-state index contributed by atoms with van der Waals surface area (Å²) in [4.78, 5) is 14.2. The van der Waals surface area contributed by atoms with Gasteiger partial charge in [0.1, 0.15) is 6.54 Å². The zero-order valence-electron chi connectivity index (χ0n) is 16.0. The van der Waals surface area contributed by atoms with E-state index in [1.54, 1.807) is 24.1 Å². The second kappa shape index (κ2) is 7.91. The maximum atomic E-state index is 12.6. The molecule has 5 nitrogen and oxygen atoms in total. The highest BCUT2D eigenvalue weighted by Gasteiger charge is 2.23. The molecule has 0 aliphatic heterocycles. The van der Waals surface area contributed by atoms with Gasteiger partial charge in [0.05, 0.1) is 11.9 Å². The third-order valence-corrected chi connectivity index (χ3v) is 5.28. The van der Waals surface area contributed by atoms with Gasteiger partial charge in [0.25, 0.3) is 0 Å². The minimum atomic E-state index is -3.57. The molecule has 0 aliphatic rings. The number of likely N-dealkylation sites (N-methyl/N-ethyl adjacent to an activating group) is 1. The number of rotatable bonds is 6. The maximum Gasteiger partial charge on any atom is 0.243 e. The number of carbonyl (C=O) groups is 1. The SMILES string of the molecule is Cc1ccc(CN(C)C(=O)CN(c2cc(C)cc(C)c2)S(C)(=O)=O)cc1. The van der Waals surface area contributed by atoms with Crippen molar-refractivity contribution in [2.75, 3.05) is 24.2 Å². The lowest BCUT2D eigenvalue weighted by Gasteiger charge is -2.26. The van der Waals surface area contributed by atoms with Crippen LogP contribution in [0.4, 0.5) is 5.69 Å². The van der Waals surface area contributed by atoms with E-state index in [2.05, 4.69) is 0 Å². The second-order valence-corrected chi connectivity index (χ2v) is 8.76. The summed E-state index contributed by atoms with van der Waals surface area (Å²) in [6.07, 6.45) is 1.12. The van der Waals surface area contributed by atoms with Crippen molar-refractivity contribution in [1.29, 1.82) is 0 Å². The van der Waals surface area contributed by atoms with Crippen molar-refractivity contribution in [3.05, 3.63) is 64.7 Å². The second-order valence-electron chi connectivity index (χ2n) is 6.85. The molecule has 26 heavy (non-hydrogen) atoms. The topological polar surface area (TPSA) is 57.7 Å². The van der Waals surface area contributed by atoms with Gasteiger partial charge in [-0.1, -0.05) is 35.9 Å². The van der Waals surface area contributed by atoms with Gasteiger partial charge in [0, 0.05) is 13.6 Å². The highest BCUT2D eigenvalue weighted by molar-refractivity contribution is 7.92. The molecule has 2 aromatic rings. The van der Waals surface area contributed by atoms with Crippen LogP contribution in [-0.4, -0.2) is 39.1 Å². The van der Waals surface area contributed by atoms with Crippen molar-refractivity contribution in [2.45, 2.75) is 27.3 Å². The number of benzene rings is 2. The van der Waals surface area contributed by atoms with E-state index in [0.717, 1.165) is 28.5 Å². The smallest absolute Gasteiger partial charge is 0.243 e. The molecule has 0 spiro atoms. The number of aryl methyl sites for hydroxylation is 3. The fourth-order valence-electron chi connectivity index (χ4n) is 2.79. The molecule has 0 heterocycles. The average Bonchev–Trinajstić information content (AvgIpc) is 2.52. The molecule has 0 atom stereocenters. The van der Waals surface area contributed by atoms with Gasteiger partial charge in [0.15, 0.2) is 0 Å². The summed E-state index contributed by atoms with van der Waals surface area (Å²) in [5, 5.41) is 0. The van der Waals surface area contributed by atoms with Gasteiger partial charge in [-0.25, -0.2) is 8.42 Å². The molecule has 2 rings (SSSR count). The predicted octanol–water partition coefficient (Wildman–Crippen LogP) is 3.04. The first-order valence-corrected chi connectivity index (χ1v) is 10.3. The van der Waals surface area contributed by atoms with E-state index in [4.69, 9.17) is 0 Å². The number of anilines is 1. The van der Waals surface area contributed by atoms with E-state index in [1.807, 2.05) is 51.1 Å². The fourth-order valence-corrected chi connectivity index (χ4v) is 3.63.